The normalized spacial score (nSPS) is 13.5. The minimum absolute atomic E-state index is 0.0462. The van der Waals surface area contributed by atoms with Gasteiger partial charge in [-0.05, 0) is 25.5 Å². The van der Waals surface area contributed by atoms with Gasteiger partial charge in [-0.3, -0.25) is 4.68 Å². The summed E-state index contributed by atoms with van der Waals surface area (Å²) in [6.45, 7) is 3.45. The van der Waals surface area contributed by atoms with Crippen LogP contribution >= 0.6 is 11.6 Å². The molecule has 0 aliphatic carbocycles. The lowest BCUT2D eigenvalue weighted by atomic mass is 10.00. The van der Waals surface area contributed by atoms with Crippen molar-refractivity contribution in [2.75, 3.05) is 11.9 Å². The van der Waals surface area contributed by atoms with Crippen molar-refractivity contribution in [1.82, 2.24) is 20.1 Å². The molecule has 0 aliphatic rings. The van der Waals surface area contributed by atoms with Crippen LogP contribution in [0.1, 0.15) is 18.1 Å². The van der Waals surface area contributed by atoms with Gasteiger partial charge in [-0.15, -0.1) is 0 Å². The number of nitrogens with zero attached hydrogens (tertiary/aromatic N) is 3. The summed E-state index contributed by atoms with van der Waals surface area (Å²) < 4.78 is 1.59. The zero-order valence-electron chi connectivity index (χ0n) is 12.6. The Hall–Kier alpha value is -2.12. The molecule has 1 unspecified atom stereocenters. The lowest BCUT2D eigenvalue weighted by molar-refractivity contribution is 0.0599. The third kappa shape index (κ3) is 3.96. The first-order chi connectivity index (χ1) is 10.3. The fraction of sp³-hybridized carbons (Fsp3) is 0.357. The molecule has 0 bridgehead atoms. The summed E-state index contributed by atoms with van der Waals surface area (Å²) >= 11 is 5.83. The van der Waals surface area contributed by atoms with Crippen molar-refractivity contribution >= 4 is 23.3 Å². The van der Waals surface area contributed by atoms with Crippen molar-refractivity contribution in [2.45, 2.75) is 19.4 Å². The smallest absolute Gasteiger partial charge is 0.319 e. The van der Waals surface area contributed by atoms with Crippen LogP contribution in [0.5, 0.6) is 0 Å². The summed E-state index contributed by atoms with van der Waals surface area (Å²) in [7, 11) is 1.76. The summed E-state index contributed by atoms with van der Waals surface area (Å²) in [5, 5.41) is 20.0. The van der Waals surface area contributed by atoms with Crippen molar-refractivity contribution < 1.29 is 9.90 Å². The summed E-state index contributed by atoms with van der Waals surface area (Å²) in [6, 6.07) is 1.28. The van der Waals surface area contributed by atoms with Crippen molar-refractivity contribution in [3.63, 3.8) is 0 Å². The predicted molar refractivity (Wildman–Crippen MR) is 83.8 cm³/mol. The number of aryl methyl sites for hydroxylation is 2. The topological polar surface area (TPSA) is 92.1 Å². The third-order valence-corrected chi connectivity index (χ3v) is 3.59. The first kappa shape index (κ1) is 16.3. The Morgan fingerprint density at radius 1 is 1.50 bits per heavy atom. The van der Waals surface area contributed by atoms with Crippen LogP contribution in [0.25, 0.3) is 0 Å². The highest BCUT2D eigenvalue weighted by atomic mass is 35.5. The lowest BCUT2D eigenvalue weighted by Crippen LogP contribution is -2.40. The van der Waals surface area contributed by atoms with E-state index in [0.717, 1.165) is 5.56 Å². The number of nitrogens with one attached hydrogen (secondary N) is 2. The van der Waals surface area contributed by atoms with E-state index in [4.69, 9.17) is 11.6 Å². The van der Waals surface area contributed by atoms with Gasteiger partial charge in [0.2, 0.25) is 0 Å². The van der Waals surface area contributed by atoms with E-state index in [1.807, 2.05) is 0 Å². The van der Waals surface area contributed by atoms with Crippen molar-refractivity contribution in [3.05, 3.63) is 40.9 Å². The Kier molecular flexibility index (Phi) is 4.68. The third-order valence-electron chi connectivity index (χ3n) is 3.19. The van der Waals surface area contributed by atoms with Gasteiger partial charge in [0.05, 0.1) is 24.6 Å². The van der Waals surface area contributed by atoms with Crippen LogP contribution in [-0.2, 0) is 12.6 Å². The van der Waals surface area contributed by atoms with Gasteiger partial charge in [0.15, 0.2) is 0 Å². The second-order valence-electron chi connectivity index (χ2n) is 5.32. The SMILES string of the molecule is Cc1cc(NC(=O)NCC(C)(O)c2cnn(C)c2)cnc1Cl. The standard InChI is InChI=1S/C14H18ClN5O2/c1-9-4-11(6-16-12(9)15)19-13(21)17-8-14(2,22)10-5-18-20(3)7-10/h4-7,22H,8H2,1-3H3,(H2,17,19,21). The van der Waals surface area contributed by atoms with Crippen LogP contribution in [0.2, 0.25) is 5.15 Å². The molecule has 8 heteroatoms. The van der Waals surface area contributed by atoms with E-state index in [9.17, 15) is 9.90 Å². The predicted octanol–water partition coefficient (Wildman–Crippen LogP) is 1.81. The maximum Gasteiger partial charge on any atom is 0.319 e. The molecule has 0 saturated carbocycles. The number of hydrogen-bond donors (Lipinski definition) is 3. The van der Waals surface area contributed by atoms with Gasteiger partial charge < -0.3 is 15.7 Å². The molecule has 2 rings (SSSR count). The Morgan fingerprint density at radius 2 is 2.23 bits per heavy atom. The number of hydrogen-bond acceptors (Lipinski definition) is 4. The summed E-state index contributed by atoms with van der Waals surface area (Å²) in [6.07, 6.45) is 4.73. The Morgan fingerprint density at radius 3 is 2.82 bits per heavy atom. The van der Waals surface area contributed by atoms with E-state index in [-0.39, 0.29) is 6.54 Å². The number of aromatic nitrogens is 3. The largest absolute Gasteiger partial charge is 0.383 e. The number of carbonyl (C=O) groups is 1. The van der Waals surface area contributed by atoms with Crippen molar-refractivity contribution in [1.29, 1.82) is 0 Å². The van der Waals surface area contributed by atoms with Gasteiger partial charge in [-0.2, -0.15) is 5.10 Å². The molecular weight excluding hydrogens is 306 g/mol. The van der Waals surface area contributed by atoms with Gasteiger partial charge >= 0.3 is 6.03 Å². The molecule has 22 heavy (non-hydrogen) atoms. The van der Waals surface area contributed by atoms with Crippen LogP contribution < -0.4 is 10.6 Å². The van der Waals surface area contributed by atoms with Gasteiger partial charge in [0.25, 0.3) is 0 Å². The van der Waals surface area contributed by atoms with Crippen LogP contribution in [0, 0.1) is 6.92 Å². The van der Waals surface area contributed by atoms with Crippen LogP contribution in [0.3, 0.4) is 0 Å². The minimum atomic E-state index is -1.21. The Bertz CT molecular complexity index is 684. The second-order valence-corrected chi connectivity index (χ2v) is 5.67. The first-order valence-corrected chi connectivity index (χ1v) is 7.04. The van der Waals surface area contributed by atoms with Crippen molar-refractivity contribution in [2.24, 2.45) is 7.05 Å². The van der Waals surface area contributed by atoms with E-state index < -0.39 is 11.6 Å². The molecule has 0 fully saturated rings. The van der Waals surface area contributed by atoms with E-state index in [0.29, 0.717) is 16.4 Å². The molecule has 2 heterocycles. The molecule has 118 valence electrons. The maximum atomic E-state index is 11.9. The number of anilines is 1. The molecule has 0 radical (unpaired) electrons. The zero-order valence-corrected chi connectivity index (χ0v) is 13.3. The maximum absolute atomic E-state index is 11.9. The average molecular weight is 324 g/mol. The van der Waals surface area contributed by atoms with E-state index in [2.05, 4.69) is 20.7 Å². The van der Waals surface area contributed by atoms with Gasteiger partial charge in [-0.1, -0.05) is 11.6 Å². The summed E-state index contributed by atoms with van der Waals surface area (Å²) in [5.41, 5.74) is 0.710. The lowest BCUT2D eigenvalue weighted by Gasteiger charge is -2.22. The molecule has 2 amide bonds. The number of carbonyl (C=O) groups excluding carboxylic acids is 1. The highest BCUT2D eigenvalue weighted by Gasteiger charge is 2.25. The molecule has 0 aromatic carbocycles. The van der Waals surface area contributed by atoms with Gasteiger partial charge in [0, 0.05) is 18.8 Å². The number of amides is 2. The molecule has 2 aromatic heterocycles. The summed E-state index contributed by atoms with van der Waals surface area (Å²) in [5.74, 6) is 0. The fourth-order valence-corrected chi connectivity index (χ4v) is 1.96. The first-order valence-electron chi connectivity index (χ1n) is 6.66. The van der Waals surface area contributed by atoms with Crippen molar-refractivity contribution in [3.8, 4) is 0 Å². The average Bonchev–Trinajstić information content (AvgIpc) is 2.88. The monoisotopic (exact) mass is 323 g/mol. The Balaban J connectivity index is 1.93. The number of urea groups is 1. The molecule has 3 N–H and O–H groups in total. The summed E-state index contributed by atoms with van der Waals surface area (Å²) in [4.78, 5) is 15.8. The van der Waals surface area contributed by atoms with E-state index in [1.165, 1.54) is 6.20 Å². The molecule has 1 atom stereocenters. The zero-order chi connectivity index (χ0) is 16.3. The number of pyridine rings is 1. The number of rotatable bonds is 4. The van der Waals surface area contributed by atoms with Crippen LogP contribution in [0.4, 0.5) is 10.5 Å². The molecular formula is C14H18ClN5O2. The van der Waals surface area contributed by atoms with Crippen LogP contribution in [-0.4, -0.2) is 32.4 Å². The second kappa shape index (κ2) is 6.33. The number of aliphatic hydroxyl groups is 1. The highest BCUT2D eigenvalue weighted by molar-refractivity contribution is 6.30. The van der Waals surface area contributed by atoms with E-state index in [1.54, 1.807) is 44.0 Å². The molecule has 2 aromatic rings. The Labute approximate surface area is 133 Å². The highest BCUT2D eigenvalue weighted by Crippen LogP contribution is 2.19. The number of halogens is 1. The quantitative estimate of drug-likeness (QED) is 0.748. The van der Waals surface area contributed by atoms with Crippen LogP contribution in [0.15, 0.2) is 24.7 Å². The molecule has 0 saturated heterocycles. The van der Waals surface area contributed by atoms with E-state index >= 15 is 0 Å². The van der Waals surface area contributed by atoms with Gasteiger partial charge in [-0.25, -0.2) is 9.78 Å². The molecule has 0 aliphatic heterocycles. The molecule has 0 spiro atoms. The van der Waals surface area contributed by atoms with Gasteiger partial charge in [0.1, 0.15) is 10.8 Å². The fourth-order valence-electron chi connectivity index (χ4n) is 1.86. The minimum Gasteiger partial charge on any atom is -0.383 e. The molecule has 7 nitrogen and oxygen atoms in total.